The van der Waals surface area contributed by atoms with Crippen molar-refractivity contribution in [1.29, 1.82) is 0 Å². The summed E-state index contributed by atoms with van der Waals surface area (Å²) in [5.74, 6) is 3.16. The van der Waals surface area contributed by atoms with Gasteiger partial charge >= 0.3 is 0 Å². The maximum absolute atomic E-state index is 5.33. The van der Waals surface area contributed by atoms with Gasteiger partial charge in [-0.25, -0.2) is 0 Å². The standard InChI is InChI=1S/C17H27N3O2.HI/c1-5-6-13-10-14(13)20-17(18-2)19-11-12-7-8-15(21-3)16(9-12)22-4;/h7-9,13-14H,5-6,10-11H2,1-4H3,(H2,18,19,20);1H. The van der Waals surface area contributed by atoms with E-state index in [1.54, 1.807) is 21.3 Å². The summed E-state index contributed by atoms with van der Waals surface area (Å²) in [4.78, 5) is 4.29. The van der Waals surface area contributed by atoms with Gasteiger partial charge in [0.2, 0.25) is 0 Å². The molecule has 0 aromatic heterocycles. The average molecular weight is 433 g/mol. The SMILES string of the molecule is CCCC1CC1NC(=NC)NCc1ccc(OC)c(OC)c1.I. The van der Waals surface area contributed by atoms with E-state index in [-0.39, 0.29) is 24.0 Å². The van der Waals surface area contributed by atoms with E-state index >= 15 is 0 Å². The largest absolute Gasteiger partial charge is 0.493 e. The molecule has 1 aromatic carbocycles. The molecule has 0 bridgehead atoms. The number of guanidine groups is 1. The Labute approximate surface area is 156 Å². The molecule has 1 fully saturated rings. The van der Waals surface area contributed by atoms with E-state index in [1.165, 1.54) is 19.3 Å². The van der Waals surface area contributed by atoms with Gasteiger partial charge < -0.3 is 20.1 Å². The molecule has 1 aromatic rings. The number of nitrogens with one attached hydrogen (secondary N) is 2. The summed E-state index contributed by atoms with van der Waals surface area (Å²) in [6.07, 6.45) is 3.80. The zero-order chi connectivity index (χ0) is 15.9. The molecule has 0 amide bonds. The third kappa shape index (κ3) is 5.75. The Balaban J connectivity index is 0.00000264. The van der Waals surface area contributed by atoms with Crippen molar-refractivity contribution in [3.63, 3.8) is 0 Å². The van der Waals surface area contributed by atoms with Crippen molar-refractivity contribution in [1.82, 2.24) is 10.6 Å². The third-order valence-corrected chi connectivity index (χ3v) is 4.04. The smallest absolute Gasteiger partial charge is 0.191 e. The van der Waals surface area contributed by atoms with Crippen LogP contribution in [0.5, 0.6) is 11.5 Å². The highest BCUT2D eigenvalue weighted by molar-refractivity contribution is 14.0. The van der Waals surface area contributed by atoms with E-state index < -0.39 is 0 Å². The molecule has 0 radical (unpaired) electrons. The van der Waals surface area contributed by atoms with Crippen molar-refractivity contribution in [2.24, 2.45) is 10.9 Å². The summed E-state index contributed by atoms with van der Waals surface area (Å²) >= 11 is 0. The highest BCUT2D eigenvalue weighted by Gasteiger charge is 2.36. The number of halogens is 1. The molecule has 23 heavy (non-hydrogen) atoms. The fourth-order valence-corrected chi connectivity index (χ4v) is 2.66. The molecular formula is C17H28IN3O2. The van der Waals surface area contributed by atoms with Crippen LogP contribution >= 0.6 is 24.0 Å². The predicted molar refractivity (Wildman–Crippen MR) is 105 cm³/mol. The van der Waals surface area contributed by atoms with Crippen molar-refractivity contribution >= 4 is 29.9 Å². The van der Waals surface area contributed by atoms with Crippen LogP contribution in [0, 0.1) is 5.92 Å². The molecule has 2 rings (SSSR count). The fraction of sp³-hybridized carbons (Fsp3) is 0.588. The maximum atomic E-state index is 5.33. The lowest BCUT2D eigenvalue weighted by atomic mass is 10.2. The van der Waals surface area contributed by atoms with Crippen LogP contribution in [0.4, 0.5) is 0 Å². The number of hydrogen-bond donors (Lipinski definition) is 2. The molecule has 0 spiro atoms. The second-order valence-electron chi connectivity index (χ2n) is 5.65. The Morgan fingerprint density at radius 2 is 2.00 bits per heavy atom. The van der Waals surface area contributed by atoms with Gasteiger partial charge in [-0.3, -0.25) is 4.99 Å². The van der Waals surface area contributed by atoms with E-state index in [2.05, 4.69) is 22.5 Å². The molecule has 1 aliphatic carbocycles. The van der Waals surface area contributed by atoms with Gasteiger partial charge in [0.05, 0.1) is 14.2 Å². The van der Waals surface area contributed by atoms with Crippen molar-refractivity contribution < 1.29 is 9.47 Å². The molecule has 1 saturated carbocycles. The molecule has 5 nitrogen and oxygen atoms in total. The highest BCUT2D eigenvalue weighted by atomic mass is 127. The van der Waals surface area contributed by atoms with Gasteiger partial charge in [0, 0.05) is 19.6 Å². The highest BCUT2D eigenvalue weighted by Crippen LogP contribution is 2.34. The lowest BCUT2D eigenvalue weighted by Crippen LogP contribution is -2.38. The molecule has 2 unspecified atom stereocenters. The predicted octanol–water partition coefficient (Wildman–Crippen LogP) is 3.18. The first-order valence-corrected chi connectivity index (χ1v) is 7.89. The lowest BCUT2D eigenvalue weighted by molar-refractivity contribution is 0.354. The van der Waals surface area contributed by atoms with Crippen LogP contribution in [0.3, 0.4) is 0 Å². The summed E-state index contributed by atoms with van der Waals surface area (Å²) < 4.78 is 10.6. The number of methoxy groups -OCH3 is 2. The first kappa shape index (κ1) is 19.9. The van der Waals surface area contributed by atoms with Gasteiger partial charge in [-0.15, -0.1) is 24.0 Å². The number of aliphatic imine (C=N–C) groups is 1. The molecule has 0 aliphatic heterocycles. The normalized spacial score (nSPS) is 19.6. The molecule has 0 saturated heterocycles. The molecule has 0 heterocycles. The van der Waals surface area contributed by atoms with Crippen molar-refractivity contribution in [3.05, 3.63) is 23.8 Å². The van der Waals surface area contributed by atoms with E-state index in [0.717, 1.165) is 28.9 Å². The van der Waals surface area contributed by atoms with Gasteiger partial charge in [0.1, 0.15) is 0 Å². The lowest BCUT2D eigenvalue weighted by Gasteiger charge is -2.13. The Kier molecular flexibility index (Phi) is 8.51. The van der Waals surface area contributed by atoms with Gasteiger partial charge in [-0.2, -0.15) is 0 Å². The summed E-state index contributed by atoms with van der Waals surface area (Å²) in [5, 5.41) is 6.83. The van der Waals surface area contributed by atoms with Crippen LogP contribution in [0.1, 0.15) is 31.7 Å². The second kappa shape index (κ2) is 9.85. The minimum absolute atomic E-state index is 0. The van der Waals surface area contributed by atoms with Gasteiger partial charge in [-0.05, 0) is 36.5 Å². The van der Waals surface area contributed by atoms with Crippen LogP contribution in [-0.2, 0) is 6.54 Å². The summed E-state index contributed by atoms with van der Waals surface area (Å²) in [6.45, 7) is 2.94. The Morgan fingerprint density at radius 1 is 1.26 bits per heavy atom. The number of hydrogen-bond acceptors (Lipinski definition) is 3. The molecule has 2 atom stereocenters. The zero-order valence-electron chi connectivity index (χ0n) is 14.4. The molecule has 6 heteroatoms. The van der Waals surface area contributed by atoms with Crippen molar-refractivity contribution in [3.8, 4) is 11.5 Å². The first-order valence-electron chi connectivity index (χ1n) is 7.89. The monoisotopic (exact) mass is 433 g/mol. The topological polar surface area (TPSA) is 54.9 Å². The van der Waals surface area contributed by atoms with Crippen LogP contribution in [0.2, 0.25) is 0 Å². The second-order valence-corrected chi connectivity index (χ2v) is 5.65. The number of nitrogens with zero attached hydrogens (tertiary/aromatic N) is 1. The Bertz CT molecular complexity index is 523. The first-order chi connectivity index (χ1) is 10.7. The molecular weight excluding hydrogens is 405 g/mol. The van der Waals surface area contributed by atoms with Crippen LogP contribution in [-0.4, -0.2) is 33.3 Å². The minimum Gasteiger partial charge on any atom is -0.493 e. The number of benzene rings is 1. The van der Waals surface area contributed by atoms with Crippen molar-refractivity contribution in [2.75, 3.05) is 21.3 Å². The third-order valence-electron chi connectivity index (χ3n) is 4.04. The van der Waals surface area contributed by atoms with E-state index in [0.29, 0.717) is 12.6 Å². The van der Waals surface area contributed by atoms with Gasteiger partial charge in [-0.1, -0.05) is 19.4 Å². The Hall–Kier alpha value is -1.18. The molecule has 130 valence electrons. The average Bonchev–Trinajstić information content (AvgIpc) is 3.29. The summed E-state index contributed by atoms with van der Waals surface area (Å²) in [6, 6.07) is 6.51. The van der Waals surface area contributed by atoms with Crippen LogP contribution in [0.25, 0.3) is 0 Å². The van der Waals surface area contributed by atoms with E-state index in [1.807, 2.05) is 18.2 Å². The maximum Gasteiger partial charge on any atom is 0.191 e. The van der Waals surface area contributed by atoms with Crippen molar-refractivity contribution in [2.45, 2.75) is 38.8 Å². The number of ether oxygens (including phenoxy) is 2. The minimum atomic E-state index is 0. The van der Waals surface area contributed by atoms with Crippen LogP contribution < -0.4 is 20.1 Å². The fourth-order valence-electron chi connectivity index (χ4n) is 2.66. The quantitative estimate of drug-likeness (QED) is 0.394. The van der Waals surface area contributed by atoms with Gasteiger partial charge in [0.25, 0.3) is 0 Å². The molecule has 1 aliphatic rings. The van der Waals surface area contributed by atoms with E-state index in [4.69, 9.17) is 9.47 Å². The molecule has 2 N–H and O–H groups in total. The zero-order valence-corrected chi connectivity index (χ0v) is 16.7. The van der Waals surface area contributed by atoms with Gasteiger partial charge in [0.15, 0.2) is 17.5 Å². The number of rotatable bonds is 7. The van der Waals surface area contributed by atoms with Crippen LogP contribution in [0.15, 0.2) is 23.2 Å². The summed E-state index contributed by atoms with van der Waals surface area (Å²) in [7, 11) is 5.10. The Morgan fingerprint density at radius 3 is 2.61 bits per heavy atom. The summed E-state index contributed by atoms with van der Waals surface area (Å²) in [5.41, 5.74) is 1.13. The van der Waals surface area contributed by atoms with E-state index in [9.17, 15) is 0 Å².